The number of hydrogen-bond acceptors (Lipinski definition) is 7. The Labute approximate surface area is 357 Å². The number of ether oxygens (including phenoxy) is 1. The first-order valence-electron chi connectivity index (χ1n) is 20.0. The van der Waals surface area contributed by atoms with Crippen LogP contribution in [-0.2, 0) is 54.1 Å². The quantitative estimate of drug-likeness (QED) is 0.159. The van der Waals surface area contributed by atoms with Gasteiger partial charge in [0.15, 0.2) is 0 Å². The molecule has 12 nitrogen and oxygen atoms in total. The van der Waals surface area contributed by atoms with Crippen molar-refractivity contribution in [3.8, 4) is 22.3 Å². The second-order valence-corrected chi connectivity index (χ2v) is 16.2. The number of nitrogens with one attached hydrogen (secondary N) is 1. The Hall–Kier alpha value is -6.24. The van der Waals surface area contributed by atoms with Crippen LogP contribution in [0.5, 0.6) is 0 Å². The zero-order valence-electron chi connectivity index (χ0n) is 34.7. The maximum absolute atomic E-state index is 13.7. The summed E-state index contributed by atoms with van der Waals surface area (Å²) in [5.41, 5.74) is 15.9. The number of aromatic nitrogens is 4. The molecule has 0 bridgehead atoms. The van der Waals surface area contributed by atoms with Gasteiger partial charge < -0.3 is 25.6 Å². The summed E-state index contributed by atoms with van der Waals surface area (Å²) in [4.78, 5) is 42.8. The van der Waals surface area contributed by atoms with E-state index in [0.29, 0.717) is 25.9 Å². The van der Waals surface area contributed by atoms with Crippen LogP contribution in [0.4, 0.5) is 16.2 Å². The fraction of sp³-hybridized carbons (Fsp3) is 0.298. The molecule has 3 N–H and O–H groups in total. The van der Waals surface area contributed by atoms with E-state index in [4.69, 9.17) is 10.5 Å². The SMILES string of the molecule is Cl.Cn1cc(-c2ccc3c(c2)N(C(=O)[C@@H](N)Cc2ccccc2)CC3)cn1.Cn1cc(-c2ccc3c(c2)N(C(=O)[C@H](Cc2ccccc2)NC(=O)OC(C)(C)C)CC3)cn1. The Bertz CT molecular complexity index is 2420. The topological polar surface area (TPSA) is 141 Å². The van der Waals surface area contributed by atoms with Crippen molar-refractivity contribution in [1.29, 1.82) is 0 Å². The number of hydrogen-bond donors (Lipinski definition) is 2. The van der Waals surface area contributed by atoms with E-state index in [1.54, 1.807) is 35.0 Å². The van der Waals surface area contributed by atoms with Crippen LogP contribution < -0.4 is 20.9 Å². The number of nitrogens with zero attached hydrogens (tertiary/aromatic N) is 6. The number of fused-ring (bicyclic) bond motifs is 2. The van der Waals surface area contributed by atoms with Gasteiger partial charge in [-0.1, -0.05) is 84.9 Å². The number of rotatable bonds is 9. The van der Waals surface area contributed by atoms with Crippen molar-refractivity contribution in [2.75, 3.05) is 22.9 Å². The molecule has 60 heavy (non-hydrogen) atoms. The minimum atomic E-state index is -0.741. The molecular weight excluding hydrogens is 776 g/mol. The number of nitrogens with two attached hydrogens (primary N) is 1. The van der Waals surface area contributed by atoms with Crippen LogP contribution in [0.3, 0.4) is 0 Å². The minimum absolute atomic E-state index is 0. The number of benzene rings is 4. The first-order chi connectivity index (χ1) is 28.3. The number of carbonyl (C=O) groups is 3. The molecule has 4 heterocycles. The smallest absolute Gasteiger partial charge is 0.408 e. The molecule has 6 aromatic rings. The van der Waals surface area contributed by atoms with E-state index in [1.165, 1.54) is 5.56 Å². The third-order valence-corrected chi connectivity index (χ3v) is 10.5. The van der Waals surface area contributed by atoms with E-state index >= 15 is 0 Å². The summed E-state index contributed by atoms with van der Waals surface area (Å²) >= 11 is 0. The van der Waals surface area contributed by atoms with Gasteiger partial charge in [0.05, 0.1) is 18.4 Å². The predicted octanol–water partition coefficient (Wildman–Crippen LogP) is 7.08. The summed E-state index contributed by atoms with van der Waals surface area (Å²) in [7, 11) is 3.78. The lowest BCUT2D eigenvalue weighted by Crippen LogP contribution is -2.50. The second kappa shape index (κ2) is 18.8. The lowest BCUT2D eigenvalue weighted by molar-refractivity contribution is -0.121. The summed E-state index contributed by atoms with van der Waals surface area (Å²) in [5.74, 6) is -0.164. The van der Waals surface area contributed by atoms with Gasteiger partial charge in [-0.15, -0.1) is 12.4 Å². The molecule has 3 amide bonds. The first-order valence-corrected chi connectivity index (χ1v) is 20.0. The molecule has 0 unspecified atom stereocenters. The normalized spacial score (nSPS) is 13.9. The Morgan fingerprint density at radius 1 is 0.683 bits per heavy atom. The zero-order chi connectivity index (χ0) is 41.7. The largest absolute Gasteiger partial charge is 0.444 e. The van der Waals surface area contributed by atoms with Gasteiger partial charge in [0.25, 0.3) is 0 Å². The Morgan fingerprint density at radius 3 is 1.60 bits per heavy atom. The van der Waals surface area contributed by atoms with Crippen molar-refractivity contribution in [1.82, 2.24) is 24.9 Å². The van der Waals surface area contributed by atoms with Crippen LogP contribution in [0, 0.1) is 0 Å². The molecular formula is C47H53ClN8O4. The monoisotopic (exact) mass is 828 g/mol. The number of alkyl carbamates (subject to hydrolysis) is 1. The summed E-state index contributed by atoms with van der Waals surface area (Å²) in [6.07, 6.45) is 9.55. The van der Waals surface area contributed by atoms with E-state index in [9.17, 15) is 14.4 Å². The second-order valence-electron chi connectivity index (χ2n) is 16.2. The van der Waals surface area contributed by atoms with Gasteiger partial charge in [-0.2, -0.15) is 10.2 Å². The molecule has 0 saturated carbocycles. The third kappa shape index (κ3) is 10.5. The fourth-order valence-electron chi connectivity index (χ4n) is 7.56. The summed E-state index contributed by atoms with van der Waals surface area (Å²) in [6, 6.07) is 30.8. The molecule has 0 saturated heterocycles. The average Bonchev–Trinajstić information content (AvgIpc) is 4.04. The van der Waals surface area contributed by atoms with Crippen molar-refractivity contribution in [2.45, 2.75) is 64.1 Å². The van der Waals surface area contributed by atoms with Gasteiger partial charge in [-0.3, -0.25) is 19.0 Å². The van der Waals surface area contributed by atoms with Gasteiger partial charge in [-0.25, -0.2) is 4.79 Å². The Morgan fingerprint density at radius 2 is 1.15 bits per heavy atom. The summed E-state index contributed by atoms with van der Waals surface area (Å²) in [6.45, 7) is 6.67. The molecule has 0 aliphatic carbocycles. The van der Waals surface area contributed by atoms with E-state index in [1.807, 2.05) is 111 Å². The van der Waals surface area contributed by atoms with Crippen molar-refractivity contribution in [3.63, 3.8) is 0 Å². The number of amides is 3. The zero-order valence-corrected chi connectivity index (χ0v) is 35.6. The molecule has 0 fully saturated rings. The van der Waals surface area contributed by atoms with Crippen LogP contribution in [-0.4, -0.2) is 68.2 Å². The van der Waals surface area contributed by atoms with Gasteiger partial charge in [0, 0.05) is 68.5 Å². The highest BCUT2D eigenvalue weighted by Gasteiger charge is 2.33. The van der Waals surface area contributed by atoms with Gasteiger partial charge in [0.2, 0.25) is 11.8 Å². The van der Waals surface area contributed by atoms with Gasteiger partial charge in [0.1, 0.15) is 11.6 Å². The summed E-state index contributed by atoms with van der Waals surface area (Å²) in [5, 5.41) is 11.3. The van der Waals surface area contributed by atoms with Crippen LogP contribution in [0.2, 0.25) is 0 Å². The average molecular weight is 829 g/mol. The molecule has 2 aromatic heterocycles. The van der Waals surface area contributed by atoms with E-state index in [0.717, 1.165) is 63.2 Å². The fourth-order valence-corrected chi connectivity index (χ4v) is 7.56. The van der Waals surface area contributed by atoms with Gasteiger partial charge in [-0.05, 0) is 85.5 Å². The van der Waals surface area contributed by atoms with Crippen LogP contribution >= 0.6 is 12.4 Å². The molecule has 0 radical (unpaired) electrons. The summed E-state index contributed by atoms with van der Waals surface area (Å²) < 4.78 is 8.97. The first kappa shape index (κ1) is 43.3. The van der Waals surface area contributed by atoms with Crippen LogP contribution in [0.15, 0.2) is 122 Å². The van der Waals surface area contributed by atoms with Crippen LogP contribution in [0.25, 0.3) is 22.3 Å². The van der Waals surface area contributed by atoms with Crippen molar-refractivity contribution < 1.29 is 19.1 Å². The highest BCUT2D eigenvalue weighted by atomic mass is 35.5. The maximum Gasteiger partial charge on any atom is 0.408 e. The standard InChI is InChI=1S/C26H30N4O3.C21H22N4O.ClH/c1-26(2,3)33-25(32)28-22(14-18-8-6-5-7-9-18)24(31)30-13-12-19-10-11-20(15-23(19)30)21-16-27-29(4)17-21;1-24-14-18(13-23-24)17-8-7-16-9-10-25(20(16)12-17)21(26)19(22)11-15-5-3-2-4-6-15;/h5-11,15-17,22H,12-14H2,1-4H3,(H,28,32);2-8,12-14,19H,9-11,22H2,1H3;1H/t22-;19-;/m00./s1. The number of anilines is 2. The molecule has 8 rings (SSSR count). The lowest BCUT2D eigenvalue weighted by Gasteiger charge is -2.27. The van der Waals surface area contributed by atoms with E-state index in [2.05, 4.69) is 45.8 Å². The third-order valence-electron chi connectivity index (χ3n) is 10.5. The molecule has 0 spiro atoms. The van der Waals surface area contributed by atoms with Crippen molar-refractivity contribution >= 4 is 41.7 Å². The number of carbonyl (C=O) groups excluding carboxylic acids is 3. The highest BCUT2D eigenvalue weighted by Crippen LogP contribution is 2.35. The molecule has 312 valence electrons. The predicted molar refractivity (Wildman–Crippen MR) is 238 cm³/mol. The molecule has 4 aromatic carbocycles. The molecule has 2 aliphatic rings. The highest BCUT2D eigenvalue weighted by molar-refractivity contribution is 6.01. The molecule has 13 heteroatoms. The maximum atomic E-state index is 13.7. The van der Waals surface area contributed by atoms with E-state index in [-0.39, 0.29) is 24.2 Å². The Kier molecular flexibility index (Phi) is 13.6. The number of halogens is 1. The molecule has 2 aliphatic heterocycles. The number of aryl methyl sites for hydroxylation is 2. The van der Waals surface area contributed by atoms with E-state index < -0.39 is 23.8 Å². The van der Waals surface area contributed by atoms with Crippen molar-refractivity contribution in [3.05, 3.63) is 144 Å². The van der Waals surface area contributed by atoms with Crippen molar-refractivity contribution in [2.24, 2.45) is 19.8 Å². The van der Waals surface area contributed by atoms with Crippen LogP contribution in [0.1, 0.15) is 43.0 Å². The van der Waals surface area contributed by atoms with Gasteiger partial charge >= 0.3 is 6.09 Å². The minimum Gasteiger partial charge on any atom is -0.444 e. The Balaban J connectivity index is 0.000000203. The molecule has 2 atom stereocenters. The lowest BCUT2D eigenvalue weighted by atomic mass is 10.0.